The number of aryl methyl sites for hydroxylation is 1. The third-order valence-corrected chi connectivity index (χ3v) is 5.99. The van der Waals surface area contributed by atoms with Crippen LogP contribution in [0, 0.1) is 5.82 Å². The van der Waals surface area contributed by atoms with Crippen molar-refractivity contribution in [3.05, 3.63) is 46.9 Å². The Morgan fingerprint density at radius 1 is 1.29 bits per heavy atom. The molecule has 0 aliphatic heterocycles. The third kappa shape index (κ3) is 5.04. The number of nitrogens with one attached hydrogen (secondary N) is 2. The minimum atomic E-state index is -3.64. The second-order valence-electron chi connectivity index (χ2n) is 7.77. The zero-order valence-electron chi connectivity index (χ0n) is 17.2. The molecule has 1 aliphatic rings. The summed E-state index contributed by atoms with van der Waals surface area (Å²) in [6.07, 6.45) is 7.49. The predicted octanol–water partition coefficient (Wildman–Crippen LogP) is 4.92. The van der Waals surface area contributed by atoms with Crippen molar-refractivity contribution in [2.45, 2.75) is 44.9 Å². The van der Waals surface area contributed by atoms with E-state index in [0.29, 0.717) is 28.6 Å². The lowest BCUT2D eigenvalue weighted by Gasteiger charge is -2.11. The van der Waals surface area contributed by atoms with Crippen LogP contribution in [0.4, 0.5) is 10.1 Å². The van der Waals surface area contributed by atoms with Crippen LogP contribution in [0.15, 0.2) is 24.4 Å². The van der Waals surface area contributed by atoms with Crippen LogP contribution in [-0.2, 0) is 16.4 Å². The number of hydrogen-bond donors (Lipinski definition) is 2. The van der Waals surface area contributed by atoms with Gasteiger partial charge in [-0.25, -0.2) is 27.8 Å². The molecule has 10 heteroatoms. The van der Waals surface area contributed by atoms with E-state index in [2.05, 4.69) is 26.6 Å². The number of nitrogens with zero attached hydrogens (tertiary/aromatic N) is 3. The first-order valence-corrected chi connectivity index (χ1v) is 12.4. The summed E-state index contributed by atoms with van der Waals surface area (Å²) in [5.74, 6) is 1.20. The van der Waals surface area contributed by atoms with E-state index in [1.807, 2.05) is 0 Å². The molecule has 1 saturated carbocycles. The van der Waals surface area contributed by atoms with Gasteiger partial charge in [-0.3, -0.25) is 4.72 Å². The van der Waals surface area contributed by atoms with E-state index in [-0.39, 0.29) is 10.7 Å². The average molecular weight is 464 g/mol. The van der Waals surface area contributed by atoms with Crippen molar-refractivity contribution in [3.63, 3.8) is 0 Å². The maximum Gasteiger partial charge on any atom is 0.229 e. The van der Waals surface area contributed by atoms with E-state index in [4.69, 9.17) is 16.6 Å². The van der Waals surface area contributed by atoms with Gasteiger partial charge in [0.1, 0.15) is 17.5 Å². The van der Waals surface area contributed by atoms with Crippen molar-refractivity contribution in [2.24, 2.45) is 0 Å². The molecule has 0 radical (unpaired) electrons. The van der Waals surface area contributed by atoms with E-state index in [1.54, 1.807) is 12.3 Å². The van der Waals surface area contributed by atoms with Crippen molar-refractivity contribution in [2.75, 3.05) is 11.0 Å². The number of anilines is 1. The van der Waals surface area contributed by atoms with Gasteiger partial charge in [-0.05, 0) is 37.5 Å². The average Bonchev–Trinajstić information content (AvgIpc) is 3.47. The van der Waals surface area contributed by atoms with Gasteiger partial charge in [0.15, 0.2) is 0 Å². The second kappa shape index (κ2) is 8.55. The molecule has 31 heavy (non-hydrogen) atoms. The molecule has 0 amide bonds. The standard InChI is InChI=1S/C21H23ClFN5O2S/c1-3-4-5-17-24-9-8-15(25-17)20-19(26-21(27-20)12-6-7-12)14-10-13(23)11-16(18(14)22)28-31(2,29)30/h8-12,28H,3-7H2,1-2H3,(H,26,27). The van der Waals surface area contributed by atoms with E-state index < -0.39 is 15.8 Å². The van der Waals surface area contributed by atoms with Gasteiger partial charge in [0, 0.05) is 24.1 Å². The molecule has 0 bridgehead atoms. The quantitative estimate of drug-likeness (QED) is 0.494. The fraction of sp³-hybridized carbons (Fsp3) is 0.381. The van der Waals surface area contributed by atoms with E-state index in [1.165, 1.54) is 6.07 Å². The number of imidazole rings is 1. The summed E-state index contributed by atoms with van der Waals surface area (Å²) in [5.41, 5.74) is 1.93. The van der Waals surface area contributed by atoms with Crippen LogP contribution >= 0.6 is 11.6 Å². The smallest absolute Gasteiger partial charge is 0.229 e. The molecule has 0 atom stereocenters. The van der Waals surface area contributed by atoms with Crippen LogP contribution in [0.5, 0.6) is 0 Å². The Kier molecular flexibility index (Phi) is 5.98. The van der Waals surface area contributed by atoms with E-state index in [9.17, 15) is 12.8 Å². The Morgan fingerprint density at radius 3 is 2.74 bits per heavy atom. The molecule has 1 fully saturated rings. The normalized spacial score (nSPS) is 14.1. The van der Waals surface area contributed by atoms with Gasteiger partial charge in [0.05, 0.1) is 34.0 Å². The molecule has 3 aromatic rings. The molecule has 1 aliphatic carbocycles. The molecular weight excluding hydrogens is 441 g/mol. The summed E-state index contributed by atoms with van der Waals surface area (Å²) in [7, 11) is -3.64. The lowest BCUT2D eigenvalue weighted by Crippen LogP contribution is -2.10. The first-order valence-electron chi connectivity index (χ1n) is 10.1. The molecule has 7 nitrogen and oxygen atoms in total. The number of aromatic nitrogens is 4. The zero-order chi connectivity index (χ0) is 22.2. The van der Waals surface area contributed by atoms with Crippen molar-refractivity contribution < 1.29 is 12.8 Å². The molecule has 0 unspecified atom stereocenters. The maximum atomic E-state index is 14.4. The van der Waals surface area contributed by atoms with Gasteiger partial charge in [-0.1, -0.05) is 24.9 Å². The van der Waals surface area contributed by atoms with Gasteiger partial charge in [0.2, 0.25) is 10.0 Å². The third-order valence-electron chi connectivity index (χ3n) is 4.99. The Hall–Kier alpha value is -2.52. The lowest BCUT2D eigenvalue weighted by molar-refractivity contribution is 0.606. The highest BCUT2D eigenvalue weighted by atomic mass is 35.5. The Bertz CT molecular complexity index is 1220. The molecule has 2 heterocycles. The first-order chi connectivity index (χ1) is 14.7. The Morgan fingerprint density at radius 2 is 2.06 bits per heavy atom. The van der Waals surface area contributed by atoms with Crippen LogP contribution in [0.3, 0.4) is 0 Å². The summed E-state index contributed by atoms with van der Waals surface area (Å²) in [6.45, 7) is 2.10. The number of benzene rings is 1. The van der Waals surface area contributed by atoms with Gasteiger partial charge in [0.25, 0.3) is 0 Å². The number of aromatic amines is 1. The highest BCUT2D eigenvalue weighted by molar-refractivity contribution is 7.92. The van der Waals surface area contributed by atoms with Crippen molar-refractivity contribution in [3.8, 4) is 22.6 Å². The Balaban J connectivity index is 1.85. The highest BCUT2D eigenvalue weighted by Gasteiger charge is 2.30. The highest BCUT2D eigenvalue weighted by Crippen LogP contribution is 2.43. The molecule has 0 spiro atoms. The van der Waals surface area contributed by atoms with Crippen molar-refractivity contribution in [1.82, 2.24) is 19.9 Å². The first kappa shape index (κ1) is 21.7. The largest absolute Gasteiger partial charge is 0.340 e. The van der Waals surface area contributed by atoms with Gasteiger partial charge >= 0.3 is 0 Å². The number of sulfonamides is 1. The molecule has 2 N–H and O–H groups in total. The van der Waals surface area contributed by atoms with Gasteiger partial charge in [-0.2, -0.15) is 0 Å². The minimum absolute atomic E-state index is 0.0348. The van der Waals surface area contributed by atoms with Crippen LogP contribution in [0.2, 0.25) is 5.02 Å². The van der Waals surface area contributed by atoms with Crippen LogP contribution in [0.1, 0.15) is 50.2 Å². The summed E-state index contributed by atoms with van der Waals surface area (Å²) in [5, 5.41) is 0.0715. The zero-order valence-corrected chi connectivity index (χ0v) is 18.8. The van der Waals surface area contributed by atoms with Crippen molar-refractivity contribution in [1.29, 1.82) is 0 Å². The van der Waals surface area contributed by atoms with Crippen molar-refractivity contribution >= 4 is 27.3 Å². The monoisotopic (exact) mass is 463 g/mol. The lowest BCUT2D eigenvalue weighted by atomic mass is 10.1. The molecule has 4 rings (SSSR count). The number of unbranched alkanes of at least 4 members (excludes halogenated alkanes) is 1. The molecular formula is C21H23ClFN5O2S. The van der Waals surface area contributed by atoms with Crippen LogP contribution < -0.4 is 4.72 Å². The molecule has 2 aromatic heterocycles. The fourth-order valence-electron chi connectivity index (χ4n) is 3.35. The van der Waals surface area contributed by atoms with E-state index >= 15 is 0 Å². The summed E-state index contributed by atoms with van der Waals surface area (Å²) >= 11 is 6.50. The molecule has 0 saturated heterocycles. The topological polar surface area (TPSA) is 101 Å². The van der Waals surface area contributed by atoms with E-state index in [0.717, 1.165) is 56.1 Å². The Labute approximate surface area is 185 Å². The van der Waals surface area contributed by atoms with Gasteiger partial charge in [-0.15, -0.1) is 0 Å². The minimum Gasteiger partial charge on any atom is -0.340 e. The SMILES string of the molecule is CCCCc1nccc(-c2[nH]c(C3CC3)nc2-c2cc(F)cc(NS(C)(=O)=O)c2Cl)n1. The number of H-pyrrole nitrogens is 1. The number of hydrogen-bond acceptors (Lipinski definition) is 5. The van der Waals surface area contributed by atoms with Crippen LogP contribution in [0.25, 0.3) is 22.6 Å². The summed E-state index contributed by atoms with van der Waals surface area (Å²) in [4.78, 5) is 17.0. The molecule has 164 valence electrons. The predicted molar refractivity (Wildman–Crippen MR) is 119 cm³/mol. The van der Waals surface area contributed by atoms with Crippen LogP contribution in [-0.4, -0.2) is 34.6 Å². The number of rotatable bonds is 8. The van der Waals surface area contributed by atoms with Gasteiger partial charge < -0.3 is 4.98 Å². The second-order valence-corrected chi connectivity index (χ2v) is 9.90. The summed E-state index contributed by atoms with van der Waals surface area (Å²) < 4.78 is 40.1. The maximum absolute atomic E-state index is 14.4. The summed E-state index contributed by atoms with van der Waals surface area (Å²) in [6, 6.07) is 4.08. The fourth-order valence-corrected chi connectivity index (χ4v) is 4.21. The molecule has 1 aromatic carbocycles. The number of halogens is 2.